The highest BCUT2D eigenvalue weighted by Gasteiger charge is 2.27. The lowest BCUT2D eigenvalue weighted by molar-refractivity contribution is 0.100. The maximum absolute atomic E-state index is 11.4. The first kappa shape index (κ1) is 24.7. The van der Waals surface area contributed by atoms with E-state index in [-0.39, 0.29) is 10.8 Å². The number of carbonyl (C=O) groups is 1. The number of amides is 1. The highest BCUT2D eigenvalue weighted by molar-refractivity contribution is 7.99. The predicted molar refractivity (Wildman–Crippen MR) is 143 cm³/mol. The van der Waals surface area contributed by atoms with Crippen LogP contribution in [0.15, 0.2) is 70.6 Å². The van der Waals surface area contributed by atoms with Crippen LogP contribution in [0.4, 0.5) is 0 Å². The summed E-state index contributed by atoms with van der Waals surface area (Å²) in [5, 5.41) is 23.0. The number of rotatable bonds is 4. The Kier molecular flexibility index (Phi) is 6.36. The van der Waals surface area contributed by atoms with Crippen LogP contribution in [0, 0.1) is 0 Å². The highest BCUT2D eigenvalue weighted by Crippen LogP contribution is 2.44. The van der Waals surface area contributed by atoms with Gasteiger partial charge in [-0.3, -0.25) is 4.79 Å². The van der Waals surface area contributed by atoms with Gasteiger partial charge in [-0.05, 0) is 35.1 Å². The van der Waals surface area contributed by atoms with Crippen LogP contribution < -0.4 is 5.73 Å². The maximum atomic E-state index is 11.4. The van der Waals surface area contributed by atoms with Gasteiger partial charge in [-0.1, -0.05) is 89.7 Å². The summed E-state index contributed by atoms with van der Waals surface area (Å²) < 4.78 is 0. The summed E-state index contributed by atoms with van der Waals surface area (Å²) in [5.41, 5.74) is 8.85. The van der Waals surface area contributed by atoms with E-state index in [9.17, 15) is 9.90 Å². The number of benzene rings is 3. The summed E-state index contributed by atoms with van der Waals surface area (Å²) in [7, 11) is 0. The number of phenolic OH excluding ortho intramolecular Hbond substituents is 1. The monoisotopic (exact) mass is 485 g/mol. The molecule has 0 aliphatic carbocycles. The van der Waals surface area contributed by atoms with E-state index in [0.717, 1.165) is 43.1 Å². The number of nitrogens with two attached hydrogens (primary N) is 1. The minimum absolute atomic E-state index is 0.213. The van der Waals surface area contributed by atoms with Crippen molar-refractivity contribution < 1.29 is 9.90 Å². The molecule has 4 aromatic rings. The van der Waals surface area contributed by atoms with Crippen molar-refractivity contribution in [1.82, 2.24) is 10.2 Å². The quantitative estimate of drug-likeness (QED) is 0.330. The molecule has 1 heterocycles. The van der Waals surface area contributed by atoms with Crippen molar-refractivity contribution in [3.8, 4) is 17.0 Å². The second kappa shape index (κ2) is 9.00. The summed E-state index contributed by atoms with van der Waals surface area (Å²) >= 11 is 1.55. The third-order valence-corrected chi connectivity index (χ3v) is 6.98. The summed E-state index contributed by atoms with van der Waals surface area (Å²) in [6.45, 7) is 12.6. The Morgan fingerprint density at radius 2 is 1.37 bits per heavy atom. The van der Waals surface area contributed by atoms with Crippen LogP contribution in [0.25, 0.3) is 22.0 Å². The molecule has 180 valence electrons. The molecular weight excluding hydrogens is 454 g/mol. The Hall–Kier alpha value is -3.38. The van der Waals surface area contributed by atoms with E-state index >= 15 is 0 Å². The fourth-order valence-electron chi connectivity index (χ4n) is 4.08. The van der Waals surface area contributed by atoms with E-state index in [0.29, 0.717) is 11.3 Å². The molecule has 3 N–H and O–H groups in total. The molecule has 4 rings (SSSR count). The van der Waals surface area contributed by atoms with Crippen molar-refractivity contribution in [3.05, 3.63) is 77.4 Å². The number of aromatic nitrogens is 2. The fraction of sp³-hybridized carbons (Fsp3) is 0.276. The second-order valence-corrected chi connectivity index (χ2v) is 11.9. The largest absolute Gasteiger partial charge is 0.507 e. The van der Waals surface area contributed by atoms with Crippen LogP contribution in [0.5, 0.6) is 5.75 Å². The molecule has 0 saturated carbocycles. The molecule has 3 aromatic carbocycles. The number of aromatic hydroxyl groups is 1. The van der Waals surface area contributed by atoms with Gasteiger partial charge in [0.15, 0.2) is 0 Å². The first-order chi connectivity index (χ1) is 16.4. The predicted octanol–water partition coefficient (Wildman–Crippen LogP) is 6.85. The Bertz CT molecular complexity index is 1380. The van der Waals surface area contributed by atoms with Crippen molar-refractivity contribution in [2.24, 2.45) is 5.73 Å². The first-order valence-corrected chi connectivity index (χ1v) is 12.4. The van der Waals surface area contributed by atoms with E-state index in [1.807, 2.05) is 36.4 Å². The molecule has 5 nitrogen and oxygen atoms in total. The average molecular weight is 486 g/mol. The van der Waals surface area contributed by atoms with Crippen molar-refractivity contribution in [1.29, 1.82) is 0 Å². The second-order valence-electron chi connectivity index (χ2n) is 10.8. The number of primary amides is 1. The normalized spacial score (nSPS) is 12.2. The number of carbonyl (C=O) groups excluding carboxylic acids is 1. The zero-order chi connectivity index (χ0) is 25.5. The molecule has 0 spiro atoms. The van der Waals surface area contributed by atoms with Gasteiger partial charge in [-0.25, -0.2) is 0 Å². The van der Waals surface area contributed by atoms with Crippen molar-refractivity contribution in [3.63, 3.8) is 0 Å². The molecule has 35 heavy (non-hydrogen) atoms. The van der Waals surface area contributed by atoms with Gasteiger partial charge in [-0.15, -0.1) is 10.2 Å². The van der Waals surface area contributed by atoms with Crippen LogP contribution in [0.3, 0.4) is 0 Å². The molecule has 6 heteroatoms. The topological polar surface area (TPSA) is 89.1 Å². The molecular formula is C29H31N3O2S. The van der Waals surface area contributed by atoms with Crippen molar-refractivity contribution >= 4 is 28.4 Å². The molecule has 0 unspecified atom stereocenters. The molecule has 0 aliphatic heterocycles. The van der Waals surface area contributed by atoms with Crippen molar-refractivity contribution in [2.75, 3.05) is 0 Å². The van der Waals surface area contributed by atoms with Gasteiger partial charge in [0, 0.05) is 37.9 Å². The molecule has 1 aromatic heterocycles. The zero-order valence-electron chi connectivity index (χ0n) is 21.0. The molecule has 0 aliphatic rings. The molecule has 0 radical (unpaired) electrons. The van der Waals surface area contributed by atoms with E-state index in [1.165, 1.54) is 0 Å². The molecule has 0 atom stereocenters. The van der Waals surface area contributed by atoms with Crippen LogP contribution in [0.2, 0.25) is 0 Å². The summed E-state index contributed by atoms with van der Waals surface area (Å²) in [6, 6.07) is 19.3. The maximum Gasteiger partial charge on any atom is 0.248 e. The van der Waals surface area contributed by atoms with Gasteiger partial charge >= 0.3 is 0 Å². The van der Waals surface area contributed by atoms with Crippen LogP contribution in [0.1, 0.15) is 63.0 Å². The number of phenols is 1. The lowest BCUT2D eigenvalue weighted by Crippen LogP contribution is -2.17. The summed E-state index contributed by atoms with van der Waals surface area (Å²) in [4.78, 5) is 12.5. The Balaban J connectivity index is 1.83. The third kappa shape index (κ3) is 5.03. The number of nitrogens with zero attached hydrogens (tertiary/aromatic N) is 2. The van der Waals surface area contributed by atoms with Crippen molar-refractivity contribution in [2.45, 2.75) is 62.3 Å². The van der Waals surface area contributed by atoms with Gasteiger partial charge < -0.3 is 10.8 Å². The van der Waals surface area contributed by atoms with Crippen LogP contribution in [-0.2, 0) is 10.8 Å². The number of fused-ring (bicyclic) bond motifs is 1. The molecule has 0 saturated heterocycles. The van der Waals surface area contributed by atoms with E-state index < -0.39 is 5.91 Å². The SMILES string of the molecule is CC(C)(C)c1cc(Sc2nnc(-c3ccc(C(N)=O)cc3)c3ccccc23)cc(C(C)(C)C)c1O. The first-order valence-electron chi connectivity index (χ1n) is 11.6. The van der Waals surface area contributed by atoms with Gasteiger partial charge in [-0.2, -0.15) is 0 Å². The Morgan fingerprint density at radius 3 is 1.89 bits per heavy atom. The summed E-state index contributed by atoms with van der Waals surface area (Å²) in [6.07, 6.45) is 0. The average Bonchev–Trinajstić information content (AvgIpc) is 2.79. The third-order valence-electron chi connectivity index (χ3n) is 6.01. The number of hydrogen-bond acceptors (Lipinski definition) is 5. The van der Waals surface area contributed by atoms with E-state index in [2.05, 4.69) is 63.9 Å². The Morgan fingerprint density at radius 1 is 0.829 bits per heavy atom. The minimum atomic E-state index is -0.461. The minimum Gasteiger partial charge on any atom is -0.507 e. The number of hydrogen-bond donors (Lipinski definition) is 2. The van der Waals surface area contributed by atoms with Gasteiger partial charge in [0.25, 0.3) is 0 Å². The molecule has 0 fully saturated rings. The molecule has 1 amide bonds. The lowest BCUT2D eigenvalue weighted by atomic mass is 9.79. The van der Waals surface area contributed by atoms with Gasteiger partial charge in [0.05, 0.1) is 0 Å². The smallest absolute Gasteiger partial charge is 0.248 e. The van der Waals surface area contributed by atoms with Gasteiger partial charge in [0.1, 0.15) is 16.5 Å². The molecule has 0 bridgehead atoms. The standard InChI is InChI=1S/C29H31N3O2S/c1-28(2,3)22-15-19(16-23(25(22)33)29(4,5)6)35-27-21-10-8-7-9-20(21)24(31-32-27)17-11-13-18(14-12-17)26(30)34/h7-16,33H,1-6H3,(H2,30,34). The lowest BCUT2D eigenvalue weighted by Gasteiger charge is -2.28. The van der Waals surface area contributed by atoms with Crippen LogP contribution in [-0.4, -0.2) is 21.2 Å². The zero-order valence-corrected chi connectivity index (χ0v) is 21.8. The van der Waals surface area contributed by atoms with E-state index in [4.69, 9.17) is 5.73 Å². The fourth-order valence-corrected chi connectivity index (χ4v) is 5.03. The highest BCUT2D eigenvalue weighted by atomic mass is 32.2. The Labute approximate surface area is 210 Å². The van der Waals surface area contributed by atoms with Gasteiger partial charge in [0.2, 0.25) is 5.91 Å². The van der Waals surface area contributed by atoms with Crippen LogP contribution >= 0.6 is 11.8 Å². The summed E-state index contributed by atoms with van der Waals surface area (Å²) in [5.74, 6) is -0.0996. The van der Waals surface area contributed by atoms with E-state index in [1.54, 1.807) is 23.9 Å².